The van der Waals surface area contributed by atoms with Crippen LogP contribution >= 0.6 is 0 Å². The third-order valence-electron chi connectivity index (χ3n) is 5.75. The van der Waals surface area contributed by atoms with Gasteiger partial charge in [-0.05, 0) is 43.2 Å². The van der Waals surface area contributed by atoms with E-state index in [2.05, 4.69) is 6.07 Å². The Hall–Kier alpha value is -3.19. The lowest BCUT2D eigenvalue weighted by atomic mass is 9.87. The Morgan fingerprint density at radius 3 is 2.24 bits per heavy atom. The molecule has 0 atom stereocenters. The van der Waals surface area contributed by atoms with Crippen molar-refractivity contribution in [2.45, 2.75) is 44.9 Å². The van der Waals surface area contributed by atoms with Gasteiger partial charge in [0.25, 0.3) is 0 Å². The summed E-state index contributed by atoms with van der Waals surface area (Å²) in [5, 5.41) is 13.8. The molecule has 0 saturated heterocycles. The molecule has 0 amide bonds. The van der Waals surface area contributed by atoms with Gasteiger partial charge in [-0.3, -0.25) is 4.79 Å². The van der Waals surface area contributed by atoms with Gasteiger partial charge < -0.3 is 0 Å². The minimum absolute atomic E-state index is 0.0724. The Labute approximate surface area is 171 Å². The average Bonchev–Trinajstić information content (AvgIpc) is 3.19. The molecular weight excluding hydrogens is 358 g/mol. The first-order valence-electron chi connectivity index (χ1n) is 10.5. The highest BCUT2D eigenvalue weighted by Gasteiger charge is 2.24. The molecule has 4 heteroatoms. The van der Waals surface area contributed by atoms with Gasteiger partial charge in [-0.1, -0.05) is 62.4 Å². The molecule has 29 heavy (non-hydrogen) atoms. The zero-order valence-corrected chi connectivity index (χ0v) is 16.6. The molecule has 0 N–H and O–H groups in total. The lowest BCUT2D eigenvalue weighted by Crippen LogP contribution is -2.17. The number of hydrogen-bond donors (Lipinski definition) is 0. The lowest BCUT2D eigenvalue weighted by molar-refractivity contribution is 0.0892. The SMILES string of the molecule is N#Cc1ccc(-c2cc(C(=O)C3CCCCCCC3)nn2-c2ccccc2)cc1. The monoisotopic (exact) mass is 383 g/mol. The molecule has 0 spiro atoms. The minimum atomic E-state index is 0.0724. The van der Waals surface area contributed by atoms with Crippen molar-refractivity contribution >= 4 is 5.78 Å². The summed E-state index contributed by atoms with van der Waals surface area (Å²) < 4.78 is 1.84. The predicted octanol–water partition coefficient (Wildman–Crippen LogP) is 5.95. The van der Waals surface area contributed by atoms with Crippen LogP contribution in [0.15, 0.2) is 60.7 Å². The van der Waals surface area contributed by atoms with Gasteiger partial charge in [0.15, 0.2) is 5.78 Å². The lowest BCUT2D eigenvalue weighted by Gasteiger charge is -2.17. The summed E-state index contributed by atoms with van der Waals surface area (Å²) in [6.07, 6.45) is 7.90. The zero-order valence-electron chi connectivity index (χ0n) is 16.6. The molecule has 3 aromatic rings. The van der Waals surface area contributed by atoms with Crippen LogP contribution in [0.4, 0.5) is 0 Å². The first-order valence-corrected chi connectivity index (χ1v) is 10.5. The van der Waals surface area contributed by atoms with Crippen LogP contribution in [0.3, 0.4) is 0 Å². The molecule has 1 fully saturated rings. The minimum Gasteiger partial charge on any atom is -0.292 e. The second-order valence-electron chi connectivity index (χ2n) is 7.76. The maximum Gasteiger partial charge on any atom is 0.186 e. The Balaban J connectivity index is 1.72. The molecule has 1 aliphatic carbocycles. The van der Waals surface area contributed by atoms with Crippen molar-refractivity contribution in [2.24, 2.45) is 5.92 Å². The van der Waals surface area contributed by atoms with Crippen LogP contribution in [-0.4, -0.2) is 15.6 Å². The van der Waals surface area contributed by atoms with Crippen LogP contribution < -0.4 is 0 Å². The highest BCUT2D eigenvalue weighted by atomic mass is 16.1. The summed E-state index contributed by atoms with van der Waals surface area (Å²) in [5.41, 5.74) is 3.89. The standard InChI is InChI=1S/C25H25N3O/c26-18-19-13-15-20(16-14-19)24-17-23(27-28(24)22-11-7-4-8-12-22)25(29)21-9-5-2-1-3-6-10-21/h4,7-8,11-17,21H,1-3,5-6,9-10H2. The smallest absolute Gasteiger partial charge is 0.186 e. The predicted molar refractivity (Wildman–Crippen MR) is 114 cm³/mol. The molecule has 0 unspecified atom stereocenters. The number of benzene rings is 2. The van der Waals surface area contributed by atoms with E-state index in [4.69, 9.17) is 10.4 Å². The van der Waals surface area contributed by atoms with Gasteiger partial charge in [0, 0.05) is 11.5 Å². The number of rotatable bonds is 4. The van der Waals surface area contributed by atoms with E-state index in [9.17, 15) is 4.79 Å². The fourth-order valence-electron chi connectivity index (χ4n) is 4.12. The molecule has 0 bridgehead atoms. The maximum atomic E-state index is 13.3. The van der Waals surface area contributed by atoms with Crippen LogP contribution in [0, 0.1) is 17.2 Å². The number of para-hydroxylation sites is 1. The summed E-state index contributed by atoms with van der Waals surface area (Å²) in [7, 11) is 0. The van der Waals surface area contributed by atoms with E-state index in [1.807, 2.05) is 53.2 Å². The van der Waals surface area contributed by atoms with Crippen molar-refractivity contribution in [2.75, 3.05) is 0 Å². The summed E-state index contributed by atoms with van der Waals surface area (Å²) >= 11 is 0. The van der Waals surface area contributed by atoms with Crippen LogP contribution in [0.5, 0.6) is 0 Å². The second kappa shape index (κ2) is 8.87. The summed E-state index contributed by atoms with van der Waals surface area (Å²) in [4.78, 5) is 13.3. The molecular formula is C25H25N3O. The fourth-order valence-corrected chi connectivity index (χ4v) is 4.12. The number of nitrogens with zero attached hydrogens (tertiary/aromatic N) is 3. The number of Topliss-reactive ketones (excluding diaryl/α,β-unsaturated/α-hetero) is 1. The van der Waals surface area contributed by atoms with Gasteiger partial charge in [-0.15, -0.1) is 0 Å². The molecule has 2 aromatic carbocycles. The molecule has 1 saturated carbocycles. The fraction of sp³-hybridized carbons (Fsp3) is 0.320. The molecule has 0 aliphatic heterocycles. The van der Waals surface area contributed by atoms with Gasteiger partial charge >= 0.3 is 0 Å². The Bertz CT molecular complexity index is 1000. The highest BCUT2D eigenvalue weighted by molar-refractivity contribution is 5.97. The number of carbonyl (C=O) groups is 1. The van der Waals surface area contributed by atoms with E-state index >= 15 is 0 Å². The van der Waals surface area contributed by atoms with Crippen LogP contribution in [0.1, 0.15) is 61.0 Å². The van der Waals surface area contributed by atoms with Gasteiger partial charge in [-0.2, -0.15) is 10.4 Å². The van der Waals surface area contributed by atoms with Crippen molar-refractivity contribution < 1.29 is 4.79 Å². The van der Waals surface area contributed by atoms with E-state index < -0.39 is 0 Å². The van der Waals surface area contributed by atoms with Crippen LogP contribution in [0.2, 0.25) is 0 Å². The quantitative estimate of drug-likeness (QED) is 0.523. The first kappa shape index (κ1) is 19.1. The van der Waals surface area contributed by atoms with Crippen molar-refractivity contribution in [3.63, 3.8) is 0 Å². The Morgan fingerprint density at radius 2 is 1.59 bits per heavy atom. The topological polar surface area (TPSA) is 58.7 Å². The second-order valence-corrected chi connectivity index (χ2v) is 7.76. The number of carbonyl (C=O) groups excluding carboxylic acids is 1. The maximum absolute atomic E-state index is 13.3. The van der Waals surface area contributed by atoms with Crippen molar-refractivity contribution in [3.05, 3.63) is 71.9 Å². The van der Waals surface area contributed by atoms with Gasteiger partial charge in [0.1, 0.15) is 5.69 Å². The average molecular weight is 383 g/mol. The van der Waals surface area contributed by atoms with Crippen molar-refractivity contribution in [1.82, 2.24) is 9.78 Å². The van der Waals surface area contributed by atoms with E-state index in [0.29, 0.717) is 11.3 Å². The van der Waals surface area contributed by atoms with E-state index in [-0.39, 0.29) is 11.7 Å². The largest absolute Gasteiger partial charge is 0.292 e. The number of hydrogen-bond acceptors (Lipinski definition) is 3. The molecule has 4 rings (SSSR count). The molecule has 1 heterocycles. The van der Waals surface area contributed by atoms with Gasteiger partial charge in [0.2, 0.25) is 0 Å². The van der Waals surface area contributed by atoms with E-state index in [0.717, 1.165) is 42.6 Å². The first-order chi connectivity index (χ1) is 14.3. The van der Waals surface area contributed by atoms with Crippen LogP contribution in [0.25, 0.3) is 16.9 Å². The van der Waals surface area contributed by atoms with Crippen LogP contribution in [-0.2, 0) is 0 Å². The summed E-state index contributed by atoms with van der Waals surface area (Å²) in [6, 6.07) is 21.4. The molecule has 4 nitrogen and oxygen atoms in total. The van der Waals surface area contributed by atoms with E-state index in [1.165, 1.54) is 19.3 Å². The summed E-state index contributed by atoms with van der Waals surface area (Å²) in [6.45, 7) is 0. The van der Waals surface area contributed by atoms with E-state index in [1.54, 1.807) is 12.1 Å². The number of aromatic nitrogens is 2. The number of ketones is 1. The molecule has 1 aliphatic rings. The normalized spacial score (nSPS) is 15.3. The molecule has 146 valence electrons. The highest BCUT2D eigenvalue weighted by Crippen LogP contribution is 2.29. The molecule has 0 radical (unpaired) electrons. The molecule has 1 aromatic heterocycles. The van der Waals surface area contributed by atoms with Gasteiger partial charge in [-0.25, -0.2) is 4.68 Å². The number of nitriles is 1. The Morgan fingerprint density at radius 1 is 0.931 bits per heavy atom. The Kier molecular flexibility index (Phi) is 5.86. The van der Waals surface area contributed by atoms with Crippen molar-refractivity contribution in [3.8, 4) is 23.0 Å². The van der Waals surface area contributed by atoms with Gasteiger partial charge in [0.05, 0.1) is 23.0 Å². The third kappa shape index (κ3) is 4.30. The van der Waals surface area contributed by atoms with Crippen molar-refractivity contribution in [1.29, 1.82) is 5.26 Å². The summed E-state index contributed by atoms with van der Waals surface area (Å²) in [5.74, 6) is 0.236. The third-order valence-corrected chi connectivity index (χ3v) is 5.75. The zero-order chi connectivity index (χ0) is 20.1.